The van der Waals surface area contributed by atoms with E-state index in [9.17, 15) is 4.39 Å². The van der Waals surface area contributed by atoms with E-state index >= 15 is 0 Å². The van der Waals surface area contributed by atoms with Crippen molar-refractivity contribution in [3.05, 3.63) is 34.6 Å². The molecule has 1 rings (SSSR count). The van der Waals surface area contributed by atoms with Crippen molar-refractivity contribution >= 4 is 11.6 Å². The molecule has 17 heavy (non-hydrogen) atoms. The second kappa shape index (κ2) is 6.94. The van der Waals surface area contributed by atoms with Gasteiger partial charge >= 0.3 is 0 Å². The van der Waals surface area contributed by atoms with Gasteiger partial charge in [0, 0.05) is 23.7 Å². The molecule has 0 fully saturated rings. The van der Waals surface area contributed by atoms with Crippen molar-refractivity contribution in [1.82, 2.24) is 4.90 Å². The molecule has 4 heteroatoms. The maximum Gasteiger partial charge on any atom is 0.127 e. The van der Waals surface area contributed by atoms with Crippen LogP contribution in [0.15, 0.2) is 18.2 Å². The maximum absolute atomic E-state index is 13.5. The van der Waals surface area contributed by atoms with E-state index in [4.69, 9.17) is 17.3 Å². The fraction of sp³-hybridized carbons (Fsp3) is 0.538. The van der Waals surface area contributed by atoms with Crippen LogP contribution in [0.5, 0.6) is 0 Å². The molecule has 2 nitrogen and oxygen atoms in total. The van der Waals surface area contributed by atoms with Crippen LogP contribution in [0.3, 0.4) is 0 Å². The predicted octanol–water partition coefficient (Wildman–Crippen LogP) is 2.90. The predicted molar refractivity (Wildman–Crippen MR) is 70.6 cm³/mol. The zero-order valence-corrected chi connectivity index (χ0v) is 11.2. The zero-order valence-electron chi connectivity index (χ0n) is 10.4. The second-order valence-electron chi connectivity index (χ2n) is 4.44. The third kappa shape index (κ3) is 4.62. The number of hydrogen-bond donors (Lipinski definition) is 1. The van der Waals surface area contributed by atoms with Crippen LogP contribution >= 0.6 is 11.6 Å². The first-order valence-electron chi connectivity index (χ1n) is 5.89. The largest absolute Gasteiger partial charge is 0.330 e. The van der Waals surface area contributed by atoms with E-state index in [1.807, 2.05) is 7.05 Å². The van der Waals surface area contributed by atoms with Crippen LogP contribution in [0, 0.1) is 11.7 Å². The van der Waals surface area contributed by atoms with Crippen LogP contribution < -0.4 is 5.73 Å². The van der Waals surface area contributed by atoms with Crippen molar-refractivity contribution in [2.45, 2.75) is 19.9 Å². The summed E-state index contributed by atoms with van der Waals surface area (Å²) in [6.07, 6.45) is 1.04. The molecule has 1 aromatic rings. The van der Waals surface area contributed by atoms with Gasteiger partial charge in [-0.1, -0.05) is 24.9 Å². The number of halogens is 2. The first-order chi connectivity index (χ1) is 8.06. The Morgan fingerprint density at radius 1 is 1.47 bits per heavy atom. The van der Waals surface area contributed by atoms with Gasteiger partial charge in [-0.2, -0.15) is 0 Å². The Bertz CT molecular complexity index is 353. The molecular weight excluding hydrogens is 239 g/mol. The van der Waals surface area contributed by atoms with Crippen LogP contribution in [0.4, 0.5) is 4.39 Å². The molecule has 0 aliphatic carbocycles. The van der Waals surface area contributed by atoms with Gasteiger partial charge in [-0.05, 0) is 37.7 Å². The van der Waals surface area contributed by atoms with E-state index in [1.54, 1.807) is 12.1 Å². The van der Waals surface area contributed by atoms with Crippen LogP contribution in [0.2, 0.25) is 5.02 Å². The molecule has 0 bridgehead atoms. The van der Waals surface area contributed by atoms with E-state index < -0.39 is 0 Å². The molecule has 96 valence electrons. The molecule has 0 aromatic heterocycles. The average Bonchev–Trinajstić information content (AvgIpc) is 2.31. The minimum Gasteiger partial charge on any atom is -0.330 e. The summed E-state index contributed by atoms with van der Waals surface area (Å²) in [5.74, 6) is 0.254. The Morgan fingerprint density at radius 2 is 2.18 bits per heavy atom. The smallest absolute Gasteiger partial charge is 0.127 e. The molecule has 0 saturated heterocycles. The summed E-state index contributed by atoms with van der Waals surface area (Å²) in [5.41, 5.74) is 6.29. The van der Waals surface area contributed by atoms with Gasteiger partial charge in [-0.15, -0.1) is 0 Å². The molecule has 0 saturated carbocycles. The van der Waals surface area contributed by atoms with Gasteiger partial charge in [-0.3, -0.25) is 0 Å². The third-order valence-electron chi connectivity index (χ3n) is 2.93. The minimum atomic E-state index is -0.206. The lowest BCUT2D eigenvalue weighted by atomic mass is 10.1. The number of hydrogen-bond acceptors (Lipinski definition) is 2. The van der Waals surface area contributed by atoms with Crippen molar-refractivity contribution in [1.29, 1.82) is 0 Å². The highest BCUT2D eigenvalue weighted by Gasteiger charge is 2.10. The molecule has 0 radical (unpaired) electrons. The van der Waals surface area contributed by atoms with Gasteiger partial charge in [0.2, 0.25) is 0 Å². The summed E-state index contributed by atoms with van der Waals surface area (Å²) in [5, 5.41) is 0.570. The summed E-state index contributed by atoms with van der Waals surface area (Å²) < 4.78 is 13.5. The highest BCUT2D eigenvalue weighted by Crippen LogP contribution is 2.16. The van der Waals surface area contributed by atoms with Gasteiger partial charge in [0.15, 0.2) is 0 Å². The van der Waals surface area contributed by atoms with E-state index in [2.05, 4.69) is 11.8 Å². The van der Waals surface area contributed by atoms with Crippen molar-refractivity contribution in [2.75, 3.05) is 20.1 Å². The van der Waals surface area contributed by atoms with E-state index in [-0.39, 0.29) is 5.82 Å². The number of nitrogens with zero attached hydrogens (tertiary/aromatic N) is 1. The van der Waals surface area contributed by atoms with Gasteiger partial charge in [0.1, 0.15) is 5.82 Å². The molecule has 0 aliphatic heterocycles. The number of nitrogens with two attached hydrogens (primary N) is 1. The Morgan fingerprint density at radius 3 is 2.76 bits per heavy atom. The van der Waals surface area contributed by atoms with Crippen LogP contribution in [-0.2, 0) is 6.54 Å². The molecule has 0 heterocycles. The highest BCUT2D eigenvalue weighted by atomic mass is 35.5. The standard InChI is InChI=1S/C13H20ClFN2/c1-3-10(7-16)8-17(2)9-11-6-12(14)4-5-13(11)15/h4-6,10H,3,7-9,16H2,1-2H3. The summed E-state index contributed by atoms with van der Waals surface area (Å²) in [6.45, 7) is 4.21. The molecule has 1 unspecified atom stereocenters. The van der Waals surface area contributed by atoms with E-state index in [0.717, 1.165) is 13.0 Å². The van der Waals surface area contributed by atoms with Crippen LogP contribution in [0.1, 0.15) is 18.9 Å². The van der Waals surface area contributed by atoms with E-state index in [0.29, 0.717) is 29.6 Å². The normalized spacial score (nSPS) is 13.1. The summed E-state index contributed by atoms with van der Waals surface area (Å²) >= 11 is 5.86. The van der Waals surface area contributed by atoms with Crippen LogP contribution in [0.25, 0.3) is 0 Å². The Labute approximate surface area is 108 Å². The highest BCUT2D eigenvalue weighted by molar-refractivity contribution is 6.30. The van der Waals surface area contributed by atoms with Crippen LogP contribution in [-0.4, -0.2) is 25.0 Å². The summed E-state index contributed by atoms with van der Waals surface area (Å²) in [6, 6.07) is 4.65. The lowest BCUT2D eigenvalue weighted by molar-refractivity contribution is 0.264. The quantitative estimate of drug-likeness (QED) is 0.850. The Balaban J connectivity index is 2.61. The average molecular weight is 259 g/mol. The van der Waals surface area contributed by atoms with Crippen molar-refractivity contribution < 1.29 is 4.39 Å². The maximum atomic E-state index is 13.5. The molecular formula is C13H20ClFN2. The Kier molecular flexibility index (Phi) is 5.89. The molecule has 0 spiro atoms. The Hall–Kier alpha value is -0.640. The van der Waals surface area contributed by atoms with Crippen molar-refractivity contribution in [2.24, 2.45) is 11.7 Å². The molecule has 1 atom stereocenters. The SMILES string of the molecule is CCC(CN)CN(C)Cc1cc(Cl)ccc1F. The van der Waals surface area contributed by atoms with Crippen molar-refractivity contribution in [3.63, 3.8) is 0 Å². The zero-order chi connectivity index (χ0) is 12.8. The summed E-state index contributed by atoms with van der Waals surface area (Å²) in [7, 11) is 1.97. The molecule has 2 N–H and O–H groups in total. The topological polar surface area (TPSA) is 29.3 Å². The summed E-state index contributed by atoms with van der Waals surface area (Å²) in [4.78, 5) is 2.08. The molecule has 0 aliphatic rings. The fourth-order valence-electron chi connectivity index (χ4n) is 1.83. The lowest BCUT2D eigenvalue weighted by Gasteiger charge is -2.22. The first kappa shape index (κ1) is 14.4. The third-order valence-corrected chi connectivity index (χ3v) is 3.16. The second-order valence-corrected chi connectivity index (χ2v) is 4.88. The number of benzene rings is 1. The van der Waals surface area contributed by atoms with Gasteiger partial charge in [-0.25, -0.2) is 4.39 Å². The van der Waals surface area contributed by atoms with Gasteiger partial charge < -0.3 is 10.6 Å². The van der Waals surface area contributed by atoms with E-state index in [1.165, 1.54) is 6.07 Å². The fourth-order valence-corrected chi connectivity index (χ4v) is 2.03. The van der Waals surface area contributed by atoms with Gasteiger partial charge in [0.05, 0.1) is 0 Å². The minimum absolute atomic E-state index is 0.206. The van der Waals surface area contributed by atoms with Crippen molar-refractivity contribution in [3.8, 4) is 0 Å². The molecule has 0 amide bonds. The monoisotopic (exact) mass is 258 g/mol. The molecule has 1 aromatic carbocycles. The number of rotatable bonds is 6. The van der Waals surface area contributed by atoms with Gasteiger partial charge in [0.25, 0.3) is 0 Å². The first-order valence-corrected chi connectivity index (χ1v) is 6.27. The lowest BCUT2D eigenvalue weighted by Crippen LogP contribution is -2.29.